The van der Waals surface area contributed by atoms with Crippen molar-refractivity contribution in [2.75, 3.05) is 0 Å². The van der Waals surface area contributed by atoms with Crippen LogP contribution in [0.2, 0.25) is 5.82 Å². The molecule has 7 aromatic rings. The fraction of sp³-hybridized carbons (Fsp3) is 0.214. The largest absolute Gasteiger partial charge is 0.140 e. The Bertz CT molecular complexity index is 6210. The molecule has 0 aliphatic heterocycles. The summed E-state index contributed by atoms with van der Waals surface area (Å²) in [5.74, 6) is 83.8. The van der Waals surface area contributed by atoms with E-state index in [1.165, 1.54) is 88.6 Å². The van der Waals surface area contributed by atoms with Crippen LogP contribution >= 0.6 is 0 Å². The number of aryl methyl sites for hydroxylation is 6. The van der Waals surface area contributed by atoms with Crippen molar-refractivity contribution in [2.45, 2.75) is 122 Å². The summed E-state index contributed by atoms with van der Waals surface area (Å²) in [5.41, 5.74) is 31.4. The summed E-state index contributed by atoms with van der Waals surface area (Å²) < 4.78 is 0. The van der Waals surface area contributed by atoms with Crippen molar-refractivity contribution in [1.82, 2.24) is 0 Å². The molecule has 2 unspecified atom stereocenters. The molecule has 0 aromatic heterocycles. The van der Waals surface area contributed by atoms with Gasteiger partial charge in [-0.25, -0.2) is 0 Å². The molecular weight excluding hydrogens is 1300 g/mol. The van der Waals surface area contributed by atoms with Gasteiger partial charge >= 0.3 is 0 Å². The lowest BCUT2D eigenvalue weighted by Gasteiger charge is -2.52. The quantitative estimate of drug-likeness (QED) is 0.0450. The Morgan fingerprint density at radius 3 is 1.19 bits per heavy atom. The van der Waals surface area contributed by atoms with Crippen LogP contribution in [0.1, 0.15) is 143 Å². The first kappa shape index (κ1) is 87.1. The molecule has 0 nitrogen and oxygen atoms in total. The van der Waals surface area contributed by atoms with E-state index in [1.807, 2.05) is 6.92 Å². The molecule has 0 saturated heterocycles. The van der Waals surface area contributed by atoms with Gasteiger partial charge in [0.25, 0.3) is 0 Å². The number of hydrogen-bond acceptors (Lipinski definition) is 0. The number of rotatable bonds is 14. The van der Waals surface area contributed by atoms with Gasteiger partial charge in [-0.3, -0.25) is 0 Å². The Morgan fingerprint density at radius 2 is 0.694 bits per heavy atom. The molecule has 0 spiro atoms. The fourth-order valence-corrected chi connectivity index (χ4v) is 19.4. The smallest absolute Gasteiger partial charge is 0.132 e. The average Bonchev–Trinajstić information content (AvgIpc) is 0.680. The molecule has 0 bridgehead atoms. The first-order valence-corrected chi connectivity index (χ1v) is 39.9. The second-order valence-corrected chi connectivity index (χ2v) is 32.6. The van der Waals surface area contributed by atoms with E-state index < -0.39 is 0 Å². The Labute approximate surface area is 689 Å². The summed E-state index contributed by atoms with van der Waals surface area (Å²) in [6.07, 6.45) is 20.2. The second-order valence-electron chi connectivity index (χ2n) is 32.6. The zero-order chi connectivity index (χ0) is 82.2. The SMILES string of the molecule is BBB(B)B(B(B)B)C1=C(B(B(B)B)B(B)B)C(B(BB)B(B)B)C(B(B)B(B)B)c2c1c(B)c(C)c(C)c2-c1c(C)c(C)c(C)c2c(-c3c(C)c4c(C)c(C)c(C#CC)c(C#CC#C)c4c4c(C#CC#CC)c(C#CC#CC#C)c(C#CC#CC#CC)c(C#CC#CC#CC#C)c34)c3c(C)c(C)c(C)c(C)c3c(C)c12. The number of benzene rings is 7. The van der Waals surface area contributed by atoms with Crippen molar-refractivity contribution in [2.24, 2.45) is 0 Å². The van der Waals surface area contributed by atoms with Gasteiger partial charge in [-0.2, -0.15) is 0 Å². The molecule has 0 N–H and O–H groups in total. The zero-order valence-corrected chi connectivity index (χ0v) is 72.6. The van der Waals surface area contributed by atoms with Crippen LogP contribution in [0.15, 0.2) is 5.47 Å². The molecule has 8 rings (SSSR count). The maximum absolute atomic E-state index is 6.24. The molecule has 502 valence electrons. The third-order valence-corrected chi connectivity index (χ3v) is 25.5. The zero-order valence-electron chi connectivity index (χ0n) is 72.6. The average molecular weight is 1390 g/mol. The van der Waals surface area contributed by atoms with E-state index in [0.717, 1.165) is 74.4 Å². The summed E-state index contributed by atoms with van der Waals surface area (Å²) in [5, 5.41) is 7.96. The Hall–Kier alpha value is -9.53. The Balaban J connectivity index is 2.01. The van der Waals surface area contributed by atoms with Crippen LogP contribution in [0.3, 0.4) is 0 Å². The summed E-state index contributed by atoms with van der Waals surface area (Å²) in [7, 11) is 40.0. The molecule has 111 heavy (non-hydrogen) atoms. The predicted octanol–water partition coefficient (Wildman–Crippen LogP) is -4.23. The fourth-order valence-electron chi connectivity index (χ4n) is 19.4. The van der Waals surface area contributed by atoms with Gasteiger partial charge in [0.05, 0.1) is 157 Å². The highest BCUT2D eigenvalue weighted by Gasteiger charge is 2.52. The van der Waals surface area contributed by atoms with Crippen LogP contribution in [-0.2, 0) is 0 Å². The van der Waals surface area contributed by atoms with Crippen LogP contribution in [0.5, 0.6) is 0 Å². The van der Waals surface area contributed by atoms with Gasteiger partial charge in [0.2, 0.25) is 0 Å². The number of terminal acetylenes is 3. The highest BCUT2D eigenvalue weighted by atomic mass is 14.4. The monoisotopic (exact) mass is 1390 g/mol. The first-order chi connectivity index (χ1) is 52.8. The van der Waals surface area contributed by atoms with Gasteiger partial charge in [0.1, 0.15) is 7.85 Å². The number of fused-ring (bicyclic) bond motifs is 6. The number of hydrogen-bond donors (Lipinski definition) is 0. The van der Waals surface area contributed by atoms with Crippen molar-refractivity contribution >= 4 is 249 Å². The van der Waals surface area contributed by atoms with Crippen LogP contribution in [-0.4, -0.2) is 195 Å². The van der Waals surface area contributed by atoms with E-state index in [0.29, 0.717) is 97.5 Å². The van der Waals surface area contributed by atoms with E-state index in [4.69, 9.17) is 19.3 Å². The van der Waals surface area contributed by atoms with Gasteiger partial charge in [-0.15, -0.1) is 36.1 Å². The molecule has 0 radical (unpaired) electrons. The van der Waals surface area contributed by atoms with Crippen molar-refractivity contribution < 1.29 is 0 Å². The van der Waals surface area contributed by atoms with Gasteiger partial charge < -0.3 is 0 Å². The van der Waals surface area contributed by atoms with Crippen molar-refractivity contribution in [3.05, 3.63) is 122 Å². The lowest BCUT2D eigenvalue weighted by Crippen LogP contribution is -2.64. The molecule has 7 aromatic carbocycles. The van der Waals surface area contributed by atoms with Crippen LogP contribution < -0.4 is 5.46 Å². The lowest BCUT2D eigenvalue weighted by atomic mass is 8.66. The highest BCUT2D eigenvalue weighted by Crippen LogP contribution is 2.59. The van der Waals surface area contributed by atoms with Gasteiger partial charge in [-0.1, -0.05) is 70.0 Å². The summed E-state index contributed by atoms with van der Waals surface area (Å²) in [4.78, 5) is 0. The van der Waals surface area contributed by atoms with Gasteiger partial charge in [0, 0.05) is 79.7 Å². The minimum absolute atomic E-state index is 0.160. The molecule has 0 amide bonds. The highest BCUT2D eigenvalue weighted by molar-refractivity contribution is 7.89. The van der Waals surface area contributed by atoms with Crippen LogP contribution in [0.4, 0.5) is 0 Å². The van der Waals surface area contributed by atoms with E-state index in [2.05, 4.69) is 366 Å². The Morgan fingerprint density at radius 1 is 0.297 bits per heavy atom. The molecular formula is C84H85B27. The molecule has 0 saturated carbocycles. The second kappa shape index (κ2) is 37.2. The van der Waals surface area contributed by atoms with Crippen molar-refractivity contribution in [3.8, 4) is 201 Å². The maximum atomic E-state index is 6.24. The van der Waals surface area contributed by atoms with Crippen LogP contribution in [0.25, 0.3) is 70.8 Å². The summed E-state index contributed by atoms with van der Waals surface area (Å²) in [6, 6.07) is 0. The predicted molar refractivity (Wildman–Crippen MR) is 553 cm³/mol. The molecule has 0 heterocycles. The van der Waals surface area contributed by atoms with E-state index in [9.17, 15) is 0 Å². The minimum atomic E-state index is 0.160. The molecule has 1 aliphatic rings. The summed E-state index contributed by atoms with van der Waals surface area (Å²) >= 11 is 0. The molecule has 1 aliphatic carbocycles. The topological polar surface area (TPSA) is 0 Å². The first-order valence-electron chi connectivity index (χ1n) is 39.9. The van der Waals surface area contributed by atoms with Crippen molar-refractivity contribution in [1.29, 1.82) is 0 Å². The molecule has 0 fully saturated rings. The standard InChI is InChI=1S/C84H85B27/c1-20-26-31-34-36-40-46-64-61(44-39-35-32-27-21-2)62(43-38-33-28-22-3)65(45-37-29-23-4)76-74-63(42-30-24-5)60(41-25-6)50(10)55(15)67(74)59(19)73(75(64)76)77-68-52(12)48(8)47(7)51(11)66(68)58(18)72-69(53(13)49(9)54(14)70(72)77)71-56(16)57(17)80(85)79-78(71)81(102(88)106(89)90)83(103(100-86)107(91)92)84(104(108(93)94)109(95)96)82(79)105(110(97)98)111(99)101-87/h1,3,5,81,83,100-101H,85-99H2,2,4,6-19H3. The minimum Gasteiger partial charge on any atom is -0.132 e. The van der Waals surface area contributed by atoms with E-state index in [-0.39, 0.29) is 11.6 Å². The normalized spacial score (nSPS) is 11.6. The van der Waals surface area contributed by atoms with Gasteiger partial charge in [0.15, 0.2) is 0 Å². The number of allylic oxidation sites excluding steroid dienone is 1. The van der Waals surface area contributed by atoms with E-state index in [1.54, 1.807) is 30.4 Å². The lowest BCUT2D eigenvalue weighted by molar-refractivity contribution is 0.903. The maximum Gasteiger partial charge on any atom is 0.140 e. The third-order valence-electron chi connectivity index (χ3n) is 25.5. The van der Waals surface area contributed by atoms with Crippen molar-refractivity contribution in [3.63, 3.8) is 0 Å². The third kappa shape index (κ3) is 15.9. The molecule has 2 atom stereocenters. The summed E-state index contributed by atoms with van der Waals surface area (Å²) in [6.45, 7) is 37.2. The van der Waals surface area contributed by atoms with E-state index >= 15 is 0 Å². The Kier molecular flexibility index (Phi) is 29.2. The van der Waals surface area contributed by atoms with Crippen LogP contribution in [0, 0.1) is 269 Å². The molecule has 27 heteroatoms. The van der Waals surface area contributed by atoms with Gasteiger partial charge in [-0.05, 0) is 344 Å².